The first-order chi connectivity index (χ1) is 8.83. The second-order valence-corrected chi connectivity index (χ2v) is 5.41. The largest absolute Gasteiger partial charge is 0.321 e. The molecule has 0 atom stereocenters. The van der Waals surface area contributed by atoms with Crippen molar-refractivity contribution in [2.45, 2.75) is 0 Å². The first-order valence-electron chi connectivity index (χ1n) is 5.76. The summed E-state index contributed by atoms with van der Waals surface area (Å²) in [5.74, 6) is 0. The van der Waals surface area contributed by atoms with Gasteiger partial charge in [0.1, 0.15) is 0 Å². The van der Waals surface area contributed by atoms with Gasteiger partial charge in [0.2, 0.25) is 5.56 Å². The lowest BCUT2D eigenvalue weighted by Gasteiger charge is -1.99. The Bertz CT molecular complexity index is 949. The van der Waals surface area contributed by atoms with Gasteiger partial charge >= 0.3 is 0 Å². The monoisotopic (exact) mass is 251 g/mol. The van der Waals surface area contributed by atoms with Crippen LogP contribution in [0, 0.1) is 0 Å². The van der Waals surface area contributed by atoms with Gasteiger partial charge in [0.25, 0.3) is 0 Å². The fraction of sp³-hybridized carbons (Fsp3) is 0. The van der Waals surface area contributed by atoms with Gasteiger partial charge in [-0.25, -0.2) is 0 Å². The molecule has 2 aromatic carbocycles. The molecule has 4 rings (SSSR count). The lowest BCUT2D eigenvalue weighted by Crippen LogP contribution is -2.02. The number of nitrogens with one attached hydrogen (secondary N) is 1. The fourth-order valence-electron chi connectivity index (χ4n) is 2.44. The van der Waals surface area contributed by atoms with Crippen LogP contribution in [0.4, 0.5) is 0 Å². The number of H-pyrrole nitrogens is 1. The molecule has 0 radical (unpaired) electrons. The van der Waals surface area contributed by atoms with Crippen molar-refractivity contribution in [3.05, 3.63) is 58.9 Å². The number of aromatic amines is 1. The molecule has 18 heavy (non-hydrogen) atoms. The van der Waals surface area contributed by atoms with E-state index >= 15 is 0 Å². The third-order valence-corrected chi connectivity index (χ3v) is 4.37. The molecule has 86 valence electrons. The van der Waals surface area contributed by atoms with Gasteiger partial charge in [-0.15, -0.1) is 11.3 Å². The molecule has 0 aliphatic heterocycles. The summed E-state index contributed by atoms with van der Waals surface area (Å²) in [6.07, 6.45) is 0. The summed E-state index contributed by atoms with van der Waals surface area (Å²) in [7, 11) is 0. The molecule has 2 heterocycles. The Hall–Kier alpha value is -2.13. The van der Waals surface area contributed by atoms with E-state index in [1.807, 2.05) is 18.2 Å². The predicted octanol–water partition coefficient (Wildman–Crippen LogP) is 3.90. The maximum atomic E-state index is 11.5. The Kier molecular flexibility index (Phi) is 1.88. The molecule has 0 spiro atoms. The summed E-state index contributed by atoms with van der Waals surface area (Å²) >= 11 is 1.76. The average Bonchev–Trinajstić information content (AvgIpc) is 2.77. The second kappa shape index (κ2) is 3.43. The zero-order valence-electron chi connectivity index (χ0n) is 9.44. The molecule has 3 heteroatoms. The lowest BCUT2D eigenvalue weighted by molar-refractivity contribution is 1.32. The minimum atomic E-state index is -0.0507. The Balaban J connectivity index is 2.39. The fourth-order valence-corrected chi connectivity index (χ4v) is 3.55. The van der Waals surface area contributed by atoms with E-state index < -0.39 is 0 Å². The van der Waals surface area contributed by atoms with E-state index in [1.165, 1.54) is 14.8 Å². The SMILES string of the molecule is O=c1ccc2ccc3sc4ccccc4c3c2[nH]1. The highest BCUT2D eigenvalue weighted by atomic mass is 32.1. The van der Waals surface area contributed by atoms with Crippen molar-refractivity contribution in [1.29, 1.82) is 0 Å². The first kappa shape index (κ1) is 9.85. The van der Waals surface area contributed by atoms with Gasteiger partial charge in [0.05, 0.1) is 5.52 Å². The quantitative estimate of drug-likeness (QED) is 0.505. The molecule has 0 fully saturated rings. The molecule has 0 aliphatic carbocycles. The Morgan fingerprint density at radius 3 is 2.67 bits per heavy atom. The van der Waals surface area contributed by atoms with Crippen molar-refractivity contribution in [2.24, 2.45) is 0 Å². The topological polar surface area (TPSA) is 32.9 Å². The maximum Gasteiger partial charge on any atom is 0.248 e. The predicted molar refractivity (Wildman–Crippen MR) is 77.5 cm³/mol. The summed E-state index contributed by atoms with van der Waals surface area (Å²) < 4.78 is 2.47. The lowest BCUT2D eigenvalue weighted by atomic mass is 10.1. The van der Waals surface area contributed by atoms with E-state index in [0.29, 0.717) is 0 Å². The Labute approximate surface area is 106 Å². The molecular weight excluding hydrogens is 242 g/mol. The number of benzene rings is 2. The number of thiophene rings is 1. The van der Waals surface area contributed by atoms with Crippen LogP contribution in [-0.2, 0) is 0 Å². The van der Waals surface area contributed by atoms with E-state index in [-0.39, 0.29) is 5.56 Å². The maximum absolute atomic E-state index is 11.5. The van der Waals surface area contributed by atoms with E-state index in [4.69, 9.17) is 0 Å². The molecule has 0 saturated carbocycles. The molecule has 0 amide bonds. The molecule has 4 aromatic rings. The molecule has 2 aromatic heterocycles. The highest BCUT2D eigenvalue weighted by Crippen LogP contribution is 2.36. The van der Waals surface area contributed by atoms with Crippen molar-refractivity contribution >= 4 is 42.4 Å². The van der Waals surface area contributed by atoms with Crippen LogP contribution >= 0.6 is 11.3 Å². The van der Waals surface area contributed by atoms with Crippen molar-refractivity contribution in [3.8, 4) is 0 Å². The van der Waals surface area contributed by atoms with Gasteiger partial charge < -0.3 is 4.98 Å². The molecule has 1 N–H and O–H groups in total. The van der Waals surface area contributed by atoms with E-state index in [0.717, 1.165) is 16.3 Å². The third-order valence-electron chi connectivity index (χ3n) is 3.24. The highest BCUT2D eigenvalue weighted by Gasteiger charge is 2.08. The molecule has 0 saturated heterocycles. The van der Waals surface area contributed by atoms with Crippen molar-refractivity contribution < 1.29 is 0 Å². The van der Waals surface area contributed by atoms with E-state index in [9.17, 15) is 4.79 Å². The van der Waals surface area contributed by atoms with Gasteiger partial charge in [0, 0.05) is 26.2 Å². The van der Waals surface area contributed by atoms with E-state index in [1.54, 1.807) is 17.4 Å². The summed E-state index contributed by atoms with van der Waals surface area (Å²) in [5.41, 5.74) is 0.891. The number of rotatable bonds is 0. The summed E-state index contributed by atoms with van der Waals surface area (Å²) in [5, 5.41) is 3.45. The number of fused-ring (bicyclic) bond motifs is 5. The minimum Gasteiger partial charge on any atom is -0.321 e. The van der Waals surface area contributed by atoms with E-state index in [2.05, 4.69) is 29.2 Å². The second-order valence-electron chi connectivity index (χ2n) is 4.32. The van der Waals surface area contributed by atoms with Crippen LogP contribution in [0.25, 0.3) is 31.1 Å². The van der Waals surface area contributed by atoms with Gasteiger partial charge in [-0.1, -0.05) is 24.3 Å². The van der Waals surface area contributed by atoms with Crippen molar-refractivity contribution in [1.82, 2.24) is 4.98 Å². The molecular formula is C15H9NOS. The van der Waals surface area contributed by atoms with Crippen molar-refractivity contribution in [3.63, 3.8) is 0 Å². The number of aromatic nitrogens is 1. The molecule has 0 bridgehead atoms. The number of hydrogen-bond donors (Lipinski definition) is 1. The van der Waals surface area contributed by atoms with Crippen LogP contribution in [0.15, 0.2) is 53.3 Å². The smallest absolute Gasteiger partial charge is 0.248 e. The average molecular weight is 251 g/mol. The standard InChI is InChI=1S/C15H9NOS/c17-13-8-6-9-5-7-12-14(15(9)16-13)10-3-1-2-4-11(10)18-12/h1-8H,(H,16,17). The third kappa shape index (κ3) is 1.25. The molecule has 0 aliphatic rings. The van der Waals surface area contributed by atoms with Crippen LogP contribution in [0.1, 0.15) is 0 Å². The Morgan fingerprint density at radius 1 is 0.889 bits per heavy atom. The van der Waals surface area contributed by atoms with Crippen LogP contribution in [0.5, 0.6) is 0 Å². The molecule has 0 unspecified atom stereocenters. The highest BCUT2D eigenvalue weighted by molar-refractivity contribution is 7.26. The number of hydrogen-bond acceptors (Lipinski definition) is 2. The zero-order chi connectivity index (χ0) is 12.1. The van der Waals surface area contributed by atoms with Gasteiger partial charge in [-0.3, -0.25) is 4.79 Å². The summed E-state index contributed by atoms with van der Waals surface area (Å²) in [4.78, 5) is 14.5. The normalized spacial score (nSPS) is 11.6. The summed E-state index contributed by atoms with van der Waals surface area (Å²) in [6.45, 7) is 0. The van der Waals surface area contributed by atoms with Crippen LogP contribution in [0.2, 0.25) is 0 Å². The van der Waals surface area contributed by atoms with Crippen LogP contribution in [-0.4, -0.2) is 4.98 Å². The zero-order valence-corrected chi connectivity index (χ0v) is 10.3. The minimum absolute atomic E-state index is 0.0507. The van der Waals surface area contributed by atoms with Gasteiger partial charge in [0.15, 0.2) is 0 Å². The summed E-state index contributed by atoms with van der Waals surface area (Å²) in [6, 6.07) is 15.9. The van der Waals surface area contributed by atoms with Crippen molar-refractivity contribution in [2.75, 3.05) is 0 Å². The Morgan fingerprint density at radius 2 is 1.72 bits per heavy atom. The van der Waals surface area contributed by atoms with Gasteiger partial charge in [-0.2, -0.15) is 0 Å². The molecule has 2 nitrogen and oxygen atoms in total. The van der Waals surface area contributed by atoms with Crippen LogP contribution in [0.3, 0.4) is 0 Å². The van der Waals surface area contributed by atoms with Crippen LogP contribution < -0.4 is 5.56 Å². The van der Waals surface area contributed by atoms with Gasteiger partial charge in [-0.05, 0) is 23.6 Å². The number of pyridine rings is 1. The first-order valence-corrected chi connectivity index (χ1v) is 6.58.